The molecule has 1 nitrogen and oxygen atoms in total. The van der Waals surface area contributed by atoms with Gasteiger partial charge >= 0.3 is 0 Å². The molecule has 0 radical (unpaired) electrons. The molecule has 3 aliphatic carbocycles. The summed E-state index contributed by atoms with van der Waals surface area (Å²) in [6.45, 7) is 10.8. The smallest absolute Gasteiger partial charge is 0.0629 e. The van der Waals surface area contributed by atoms with Crippen molar-refractivity contribution in [3.63, 3.8) is 0 Å². The van der Waals surface area contributed by atoms with Gasteiger partial charge < -0.3 is 4.90 Å². The fourth-order valence-electron chi connectivity index (χ4n) is 10.1. The van der Waals surface area contributed by atoms with Gasteiger partial charge in [-0.25, -0.2) is 0 Å². The monoisotopic (exact) mass is 779 g/mol. The van der Waals surface area contributed by atoms with E-state index >= 15 is 0 Å². The first-order valence-electron chi connectivity index (χ1n) is 21.1. The van der Waals surface area contributed by atoms with Gasteiger partial charge in [0.1, 0.15) is 0 Å². The average molecular weight is 780 g/mol. The largest absolute Gasteiger partial charge is 0.333 e. The predicted molar refractivity (Wildman–Crippen MR) is 257 cm³/mol. The lowest BCUT2D eigenvalue weighted by atomic mass is 9.69. The molecular formula is C57H49NS. The van der Waals surface area contributed by atoms with Gasteiger partial charge in [-0.05, 0) is 94.0 Å². The number of hydrogen-bond donors (Lipinski definition) is 0. The molecule has 288 valence electrons. The zero-order valence-electron chi connectivity index (χ0n) is 34.1. The van der Waals surface area contributed by atoms with Crippen LogP contribution in [0.25, 0.3) is 48.0 Å². The summed E-state index contributed by atoms with van der Waals surface area (Å²) in [5.74, 6) is 1.19. The van der Waals surface area contributed by atoms with Gasteiger partial charge in [0, 0.05) is 48.9 Å². The van der Waals surface area contributed by atoms with Crippen molar-refractivity contribution in [2.24, 2.45) is 5.92 Å². The number of fused-ring (bicyclic) bond motifs is 9. The summed E-state index contributed by atoms with van der Waals surface area (Å²) in [6, 6.07) is 37.5. The molecule has 2 heterocycles. The molecule has 10 rings (SSSR count). The third-order valence-corrected chi connectivity index (χ3v) is 14.1. The highest BCUT2D eigenvalue weighted by Crippen LogP contribution is 2.53. The van der Waals surface area contributed by atoms with E-state index in [0.29, 0.717) is 17.8 Å². The van der Waals surface area contributed by atoms with Crippen LogP contribution in [0.2, 0.25) is 0 Å². The van der Waals surface area contributed by atoms with E-state index in [0.717, 1.165) is 6.42 Å². The second-order valence-electron chi connectivity index (χ2n) is 16.5. The van der Waals surface area contributed by atoms with E-state index in [4.69, 9.17) is 0 Å². The topological polar surface area (TPSA) is 3.24 Å². The summed E-state index contributed by atoms with van der Waals surface area (Å²) in [5.41, 5.74) is 15.9. The quantitative estimate of drug-likeness (QED) is 0.152. The maximum atomic E-state index is 3.88. The Morgan fingerprint density at radius 2 is 1.51 bits per heavy atom. The van der Waals surface area contributed by atoms with Crippen molar-refractivity contribution in [3.8, 4) is 22.3 Å². The van der Waals surface area contributed by atoms with Crippen LogP contribution < -0.4 is 4.90 Å². The molecule has 0 saturated carbocycles. The predicted octanol–water partition coefficient (Wildman–Crippen LogP) is 16.1. The first kappa shape index (κ1) is 37.1. The molecule has 2 heteroatoms. The van der Waals surface area contributed by atoms with Crippen molar-refractivity contribution < 1.29 is 0 Å². The normalized spacial score (nSPS) is 23.2. The van der Waals surface area contributed by atoms with Gasteiger partial charge in [0.05, 0.1) is 6.04 Å². The summed E-state index contributed by atoms with van der Waals surface area (Å²) in [4.78, 5) is 2.63. The number of nitrogens with zero attached hydrogens (tertiary/aromatic N) is 1. The molecule has 59 heavy (non-hydrogen) atoms. The maximum Gasteiger partial charge on any atom is 0.0629 e. The molecule has 0 bridgehead atoms. The Morgan fingerprint density at radius 1 is 0.712 bits per heavy atom. The highest BCUT2D eigenvalue weighted by atomic mass is 32.1. The van der Waals surface area contributed by atoms with Crippen LogP contribution in [-0.2, 0) is 0 Å². The molecule has 5 aromatic carbocycles. The molecule has 4 aliphatic rings. The van der Waals surface area contributed by atoms with Crippen LogP contribution in [-0.4, -0.2) is 6.04 Å². The number of hydrogen-bond acceptors (Lipinski definition) is 2. The van der Waals surface area contributed by atoms with Gasteiger partial charge in [0.2, 0.25) is 0 Å². The van der Waals surface area contributed by atoms with Crippen LogP contribution in [0.4, 0.5) is 11.4 Å². The summed E-state index contributed by atoms with van der Waals surface area (Å²) in [6.07, 6.45) is 34.4. The fourth-order valence-corrected chi connectivity index (χ4v) is 11.3. The minimum Gasteiger partial charge on any atom is -0.333 e. The molecule has 0 fully saturated rings. The molecule has 0 spiro atoms. The Kier molecular flexibility index (Phi) is 9.75. The van der Waals surface area contributed by atoms with Gasteiger partial charge in [-0.1, -0.05) is 190 Å². The van der Waals surface area contributed by atoms with E-state index in [1.807, 2.05) is 23.5 Å². The van der Waals surface area contributed by atoms with Crippen LogP contribution in [0, 0.1) is 5.92 Å². The van der Waals surface area contributed by atoms with Crippen molar-refractivity contribution >= 4 is 48.5 Å². The Bertz CT molecular complexity index is 2900. The third-order valence-electron chi connectivity index (χ3n) is 12.8. The number of rotatable bonds is 6. The van der Waals surface area contributed by atoms with Crippen LogP contribution >= 0.6 is 11.3 Å². The minimum absolute atomic E-state index is 0.187. The van der Waals surface area contributed by atoms with E-state index in [1.165, 1.54) is 87.2 Å². The first-order chi connectivity index (χ1) is 29.0. The minimum atomic E-state index is 0.187. The van der Waals surface area contributed by atoms with Gasteiger partial charge in [0.15, 0.2) is 0 Å². The van der Waals surface area contributed by atoms with Gasteiger partial charge in [-0.15, -0.1) is 11.3 Å². The lowest BCUT2D eigenvalue weighted by Crippen LogP contribution is -2.28. The van der Waals surface area contributed by atoms with E-state index in [-0.39, 0.29) is 12.0 Å². The van der Waals surface area contributed by atoms with Crippen molar-refractivity contribution in [3.05, 3.63) is 223 Å². The van der Waals surface area contributed by atoms with Gasteiger partial charge in [-0.2, -0.15) is 0 Å². The number of thiophene rings is 1. The van der Waals surface area contributed by atoms with Crippen LogP contribution in [0.5, 0.6) is 0 Å². The summed E-state index contributed by atoms with van der Waals surface area (Å²) < 4.78 is 2.68. The molecular weight excluding hydrogens is 731 g/mol. The highest BCUT2D eigenvalue weighted by Gasteiger charge is 2.38. The molecule has 1 aliphatic heterocycles. The summed E-state index contributed by atoms with van der Waals surface area (Å²) >= 11 is 1.92. The van der Waals surface area contributed by atoms with E-state index < -0.39 is 0 Å². The van der Waals surface area contributed by atoms with E-state index in [1.54, 1.807) is 0 Å². The van der Waals surface area contributed by atoms with Crippen LogP contribution in [0.3, 0.4) is 0 Å². The fraction of sp³-hybridized carbons (Fsp3) is 0.158. The lowest BCUT2D eigenvalue weighted by Gasteiger charge is -2.35. The van der Waals surface area contributed by atoms with E-state index in [9.17, 15) is 0 Å². The second kappa shape index (κ2) is 15.5. The van der Waals surface area contributed by atoms with Gasteiger partial charge in [0.25, 0.3) is 0 Å². The number of anilines is 2. The van der Waals surface area contributed by atoms with Crippen molar-refractivity contribution in [1.29, 1.82) is 0 Å². The Morgan fingerprint density at radius 3 is 2.42 bits per heavy atom. The molecule has 5 unspecified atom stereocenters. The zero-order chi connectivity index (χ0) is 40.0. The molecule has 0 N–H and O–H groups in total. The van der Waals surface area contributed by atoms with Crippen LogP contribution in [0.1, 0.15) is 67.2 Å². The lowest BCUT2D eigenvalue weighted by molar-refractivity contribution is 0.638. The van der Waals surface area contributed by atoms with Crippen molar-refractivity contribution in [1.82, 2.24) is 0 Å². The number of allylic oxidation sites excluding steroid dienone is 15. The SMILES string of the molecule is C=C/C=C\C=C(/C)C1c2ccccc2-c2ccc(-c3ccc4c(c3)N(c3cc(C5=CC(C)/C=C\C=C/CC=C5)c5sc6ccccc6c5c3)C3C=CC=CC43)cc2C1C. The average Bonchev–Trinajstić information content (AvgIpc) is 3.81. The van der Waals surface area contributed by atoms with Crippen molar-refractivity contribution in [2.45, 2.75) is 51.0 Å². The maximum absolute atomic E-state index is 3.88. The molecule has 0 amide bonds. The van der Waals surface area contributed by atoms with Gasteiger partial charge in [-0.3, -0.25) is 0 Å². The van der Waals surface area contributed by atoms with Crippen molar-refractivity contribution in [2.75, 3.05) is 4.90 Å². The zero-order valence-corrected chi connectivity index (χ0v) is 34.9. The second-order valence-corrected chi connectivity index (χ2v) is 17.6. The standard InChI is InChI=1S/C57H49NS/c1-5-6-10-20-38(3)56-39(4)50-33-40(28-30-45(50)44-22-13-14-25-49(44)56)41-29-31-47-46-23-15-17-26-53(46)58(54(47)34-41)43-35-51(42-21-12-9-7-8-11-19-37(2)32-42)57-52(36-43)48-24-16-18-27-55(48)59-57/h5-8,10-37,39,46,53,56H,1,9H2,2-4H3/b8-7-,10-6-,19-11-,21-12?,38-20+,42-32?. The van der Waals surface area contributed by atoms with E-state index in [2.05, 4.69) is 208 Å². The Labute approximate surface area is 353 Å². The third kappa shape index (κ3) is 6.57. The summed E-state index contributed by atoms with van der Waals surface area (Å²) in [5, 5.41) is 2.65. The molecule has 6 aromatic rings. The summed E-state index contributed by atoms with van der Waals surface area (Å²) in [7, 11) is 0. The number of benzene rings is 5. The highest BCUT2D eigenvalue weighted by molar-refractivity contribution is 7.26. The Balaban J connectivity index is 1.12. The first-order valence-corrected chi connectivity index (χ1v) is 21.9. The molecule has 1 aromatic heterocycles. The molecule has 0 saturated heterocycles. The molecule has 5 atom stereocenters. The van der Waals surface area contributed by atoms with Crippen LogP contribution in [0.15, 0.2) is 200 Å². The Hall–Kier alpha value is -6.22.